The molecule has 0 unspecified atom stereocenters. The van der Waals surface area contributed by atoms with Crippen molar-refractivity contribution in [3.8, 4) is 0 Å². The molecule has 1 fully saturated rings. The van der Waals surface area contributed by atoms with Crippen LogP contribution in [0, 0.1) is 13.8 Å². The van der Waals surface area contributed by atoms with Gasteiger partial charge in [0.1, 0.15) is 5.82 Å². The van der Waals surface area contributed by atoms with E-state index in [1.54, 1.807) is 30.3 Å². The first-order valence-corrected chi connectivity index (χ1v) is 12.4. The van der Waals surface area contributed by atoms with Gasteiger partial charge in [0.15, 0.2) is 0 Å². The number of hydrogen-bond acceptors (Lipinski definition) is 6. The summed E-state index contributed by atoms with van der Waals surface area (Å²) in [6.07, 6.45) is 3.62. The van der Waals surface area contributed by atoms with Gasteiger partial charge in [-0.15, -0.1) is 0 Å². The van der Waals surface area contributed by atoms with Crippen molar-refractivity contribution in [2.45, 2.75) is 38.0 Å². The fourth-order valence-electron chi connectivity index (χ4n) is 3.60. The van der Waals surface area contributed by atoms with E-state index in [4.69, 9.17) is 11.6 Å². The van der Waals surface area contributed by atoms with E-state index in [0.717, 1.165) is 35.9 Å². The molecule has 1 aliphatic rings. The molecule has 0 amide bonds. The molecule has 4 rings (SSSR count). The number of aryl methyl sites for hydroxylation is 2. The summed E-state index contributed by atoms with van der Waals surface area (Å²) in [4.78, 5) is 11.6. The Labute approximate surface area is 193 Å². The Hall–Kier alpha value is -2.84. The molecule has 7 nitrogen and oxygen atoms in total. The molecule has 0 radical (unpaired) electrons. The first kappa shape index (κ1) is 22.4. The van der Waals surface area contributed by atoms with Crippen LogP contribution >= 0.6 is 11.6 Å². The van der Waals surface area contributed by atoms with Crippen LogP contribution in [0.2, 0.25) is 5.02 Å². The molecule has 32 heavy (non-hydrogen) atoms. The van der Waals surface area contributed by atoms with Gasteiger partial charge in [-0.2, -0.15) is 4.98 Å². The normalized spacial score (nSPS) is 14.3. The lowest BCUT2D eigenvalue weighted by molar-refractivity contribution is 0.573. The SMILES string of the molecule is Cc1cc(N2CCCCC2)nc(Nc2ccc(NS(=O)(=O)c3ccc(C)c(Cl)c3)cc2)n1. The zero-order chi connectivity index (χ0) is 22.7. The van der Waals surface area contributed by atoms with E-state index in [9.17, 15) is 8.42 Å². The summed E-state index contributed by atoms with van der Waals surface area (Å²) in [6.45, 7) is 5.80. The lowest BCUT2D eigenvalue weighted by atomic mass is 10.1. The maximum Gasteiger partial charge on any atom is 0.261 e. The summed E-state index contributed by atoms with van der Waals surface area (Å²) in [7, 11) is -3.73. The average Bonchev–Trinajstić information content (AvgIpc) is 2.77. The fraction of sp³-hybridized carbons (Fsp3) is 0.304. The van der Waals surface area contributed by atoms with Gasteiger partial charge in [0.05, 0.1) is 4.90 Å². The maximum absolute atomic E-state index is 12.7. The molecule has 0 bridgehead atoms. The number of piperidine rings is 1. The molecule has 2 N–H and O–H groups in total. The van der Waals surface area contributed by atoms with E-state index in [1.165, 1.54) is 31.4 Å². The molecule has 2 aromatic carbocycles. The van der Waals surface area contributed by atoms with Gasteiger partial charge in [-0.3, -0.25) is 4.72 Å². The highest BCUT2D eigenvalue weighted by Gasteiger charge is 2.16. The highest BCUT2D eigenvalue weighted by Crippen LogP contribution is 2.25. The Morgan fingerprint density at radius 1 is 0.906 bits per heavy atom. The van der Waals surface area contributed by atoms with Crippen molar-refractivity contribution in [2.75, 3.05) is 28.0 Å². The zero-order valence-corrected chi connectivity index (χ0v) is 19.7. The van der Waals surface area contributed by atoms with Crippen LogP contribution in [0.25, 0.3) is 0 Å². The maximum atomic E-state index is 12.7. The van der Waals surface area contributed by atoms with Crippen LogP contribution in [0.5, 0.6) is 0 Å². The quantitative estimate of drug-likeness (QED) is 0.508. The van der Waals surface area contributed by atoms with Crippen LogP contribution in [0.4, 0.5) is 23.1 Å². The number of nitrogens with zero attached hydrogens (tertiary/aromatic N) is 3. The summed E-state index contributed by atoms with van der Waals surface area (Å²) in [6, 6.07) is 13.6. The molecular formula is C23H26ClN5O2S. The minimum Gasteiger partial charge on any atom is -0.356 e. The second-order valence-electron chi connectivity index (χ2n) is 7.96. The monoisotopic (exact) mass is 471 g/mol. The van der Waals surface area contributed by atoms with Crippen molar-refractivity contribution < 1.29 is 8.42 Å². The summed E-state index contributed by atoms with van der Waals surface area (Å²) in [5.41, 5.74) is 2.93. The van der Waals surface area contributed by atoms with Gasteiger partial charge in [0.25, 0.3) is 10.0 Å². The smallest absolute Gasteiger partial charge is 0.261 e. The van der Waals surface area contributed by atoms with Gasteiger partial charge in [-0.05, 0) is 75.1 Å². The van der Waals surface area contributed by atoms with Crippen molar-refractivity contribution in [3.05, 3.63) is 64.8 Å². The second kappa shape index (κ2) is 9.34. The Balaban J connectivity index is 1.47. The first-order chi connectivity index (χ1) is 15.3. The van der Waals surface area contributed by atoms with Crippen LogP contribution in [-0.4, -0.2) is 31.5 Å². The van der Waals surface area contributed by atoms with Gasteiger partial charge < -0.3 is 10.2 Å². The molecule has 2 heterocycles. The highest BCUT2D eigenvalue weighted by molar-refractivity contribution is 7.92. The van der Waals surface area contributed by atoms with Gasteiger partial charge in [0.2, 0.25) is 5.95 Å². The van der Waals surface area contributed by atoms with Crippen LogP contribution in [0.15, 0.2) is 53.4 Å². The van der Waals surface area contributed by atoms with E-state index in [1.807, 2.05) is 19.9 Å². The number of nitrogens with one attached hydrogen (secondary N) is 2. The lowest BCUT2D eigenvalue weighted by Gasteiger charge is -2.28. The molecule has 1 saturated heterocycles. The molecule has 168 valence electrons. The van der Waals surface area contributed by atoms with E-state index < -0.39 is 10.0 Å². The van der Waals surface area contributed by atoms with Gasteiger partial charge in [-0.25, -0.2) is 13.4 Å². The summed E-state index contributed by atoms with van der Waals surface area (Å²) < 4.78 is 27.9. The molecule has 1 aliphatic heterocycles. The fourth-order valence-corrected chi connectivity index (χ4v) is 4.93. The molecule has 9 heteroatoms. The molecule has 0 atom stereocenters. The van der Waals surface area contributed by atoms with E-state index >= 15 is 0 Å². The largest absolute Gasteiger partial charge is 0.356 e. The number of aromatic nitrogens is 2. The predicted octanol–water partition coefficient (Wildman–Crippen LogP) is 5.28. The molecule has 0 aliphatic carbocycles. The zero-order valence-electron chi connectivity index (χ0n) is 18.1. The summed E-state index contributed by atoms with van der Waals surface area (Å²) in [5.74, 6) is 1.45. The number of hydrogen-bond donors (Lipinski definition) is 2. The van der Waals surface area contributed by atoms with Crippen LogP contribution in [0.1, 0.15) is 30.5 Å². The molecule has 0 spiro atoms. The third-order valence-corrected chi connectivity index (χ3v) is 7.15. The summed E-state index contributed by atoms with van der Waals surface area (Å²) >= 11 is 6.08. The predicted molar refractivity (Wildman–Crippen MR) is 130 cm³/mol. The van der Waals surface area contributed by atoms with E-state index in [2.05, 4.69) is 24.9 Å². The lowest BCUT2D eigenvalue weighted by Crippen LogP contribution is -2.30. The molecule has 0 saturated carbocycles. The molecule has 1 aromatic heterocycles. The number of rotatable bonds is 6. The Morgan fingerprint density at radius 2 is 1.59 bits per heavy atom. The third-order valence-electron chi connectivity index (χ3n) is 5.37. The molecule has 3 aromatic rings. The topological polar surface area (TPSA) is 87.2 Å². The third kappa shape index (κ3) is 5.31. The number of benzene rings is 2. The Morgan fingerprint density at radius 3 is 2.28 bits per heavy atom. The van der Waals surface area contributed by atoms with E-state index in [-0.39, 0.29) is 4.90 Å². The van der Waals surface area contributed by atoms with Gasteiger partial charge in [-0.1, -0.05) is 17.7 Å². The standard InChI is InChI=1S/C23H26ClN5O2S/c1-16-6-11-20(15-21(16)24)32(30,31)28-19-9-7-18(8-10-19)26-23-25-17(2)14-22(27-23)29-12-4-3-5-13-29/h6-11,14-15,28H,3-5,12-13H2,1-2H3,(H,25,26,27). The number of sulfonamides is 1. The number of halogens is 1. The summed E-state index contributed by atoms with van der Waals surface area (Å²) in [5, 5.41) is 3.63. The van der Waals surface area contributed by atoms with Crippen LogP contribution in [-0.2, 0) is 10.0 Å². The van der Waals surface area contributed by atoms with Gasteiger partial charge in [0, 0.05) is 41.2 Å². The van der Waals surface area contributed by atoms with E-state index in [0.29, 0.717) is 16.7 Å². The Bertz CT molecular complexity index is 1210. The minimum absolute atomic E-state index is 0.119. The van der Waals surface area contributed by atoms with Crippen molar-refractivity contribution >= 4 is 44.8 Å². The first-order valence-electron chi connectivity index (χ1n) is 10.6. The highest BCUT2D eigenvalue weighted by atomic mass is 35.5. The van der Waals surface area contributed by atoms with Crippen molar-refractivity contribution in [2.24, 2.45) is 0 Å². The van der Waals surface area contributed by atoms with Gasteiger partial charge >= 0.3 is 0 Å². The van der Waals surface area contributed by atoms with Crippen LogP contribution in [0.3, 0.4) is 0 Å². The average molecular weight is 472 g/mol. The minimum atomic E-state index is -3.73. The van der Waals surface area contributed by atoms with Crippen molar-refractivity contribution in [1.82, 2.24) is 9.97 Å². The number of anilines is 4. The second-order valence-corrected chi connectivity index (χ2v) is 10.0. The van der Waals surface area contributed by atoms with Crippen LogP contribution < -0.4 is 14.9 Å². The van der Waals surface area contributed by atoms with Crippen molar-refractivity contribution in [1.29, 1.82) is 0 Å². The van der Waals surface area contributed by atoms with Crippen molar-refractivity contribution in [3.63, 3.8) is 0 Å². The molecular weight excluding hydrogens is 446 g/mol. The Kier molecular flexibility index (Phi) is 6.53.